The van der Waals surface area contributed by atoms with Crippen LogP contribution in [-0.2, 0) is 11.2 Å². The third kappa shape index (κ3) is 2.41. The van der Waals surface area contributed by atoms with Gasteiger partial charge < -0.3 is 10.0 Å². The maximum absolute atomic E-state index is 12.5. The maximum atomic E-state index is 12.5. The van der Waals surface area contributed by atoms with Crippen LogP contribution >= 0.6 is 0 Å². The molecule has 1 aromatic rings. The number of fused-ring (bicyclic) bond motifs is 1. The third-order valence-corrected chi connectivity index (χ3v) is 5.17. The van der Waals surface area contributed by atoms with Crippen LogP contribution < -0.4 is 0 Å². The second-order valence-electron chi connectivity index (χ2n) is 6.45. The average molecular weight is 273 g/mol. The Hall–Kier alpha value is -1.51. The van der Waals surface area contributed by atoms with Gasteiger partial charge in [0.05, 0.1) is 0 Å². The zero-order valence-electron chi connectivity index (χ0n) is 12.2. The summed E-state index contributed by atoms with van der Waals surface area (Å²) < 4.78 is 0. The molecule has 108 valence electrons. The first-order chi connectivity index (χ1) is 9.58. The van der Waals surface area contributed by atoms with Crippen LogP contribution in [0.25, 0.3) is 0 Å². The maximum Gasteiger partial charge on any atom is 0.226 e. The van der Waals surface area contributed by atoms with Crippen molar-refractivity contribution in [3.63, 3.8) is 0 Å². The molecule has 2 aliphatic rings. The van der Waals surface area contributed by atoms with E-state index in [0.717, 1.165) is 12.0 Å². The highest BCUT2D eigenvalue weighted by atomic mass is 16.3. The van der Waals surface area contributed by atoms with E-state index in [0.29, 0.717) is 23.7 Å². The van der Waals surface area contributed by atoms with Crippen LogP contribution in [0.4, 0.5) is 0 Å². The number of likely N-dealkylation sites (N-methyl/N-ethyl adjacent to an activating group) is 1. The molecular formula is C17H23NO2. The number of phenols is 1. The van der Waals surface area contributed by atoms with Crippen LogP contribution in [0.1, 0.15) is 31.7 Å². The highest BCUT2D eigenvalue weighted by Gasteiger charge is 2.57. The molecule has 2 aliphatic carbocycles. The molecule has 0 aromatic heterocycles. The quantitative estimate of drug-likeness (QED) is 0.916. The summed E-state index contributed by atoms with van der Waals surface area (Å²) in [5.74, 6) is 2.32. The number of carbonyl (C=O) groups is 1. The molecule has 4 atom stereocenters. The minimum absolute atomic E-state index is 0.202. The molecule has 0 bridgehead atoms. The summed E-state index contributed by atoms with van der Waals surface area (Å²) >= 11 is 0. The Bertz CT molecular complexity index is 486. The zero-order chi connectivity index (χ0) is 14.3. The van der Waals surface area contributed by atoms with E-state index in [4.69, 9.17) is 0 Å². The van der Waals surface area contributed by atoms with Crippen LogP contribution in [-0.4, -0.2) is 29.0 Å². The molecule has 3 nitrogen and oxygen atoms in total. The number of carbonyl (C=O) groups excluding carboxylic acids is 1. The topological polar surface area (TPSA) is 40.5 Å². The third-order valence-electron chi connectivity index (χ3n) is 5.17. The van der Waals surface area contributed by atoms with E-state index in [1.807, 2.05) is 24.1 Å². The molecule has 1 aromatic carbocycles. The van der Waals surface area contributed by atoms with Crippen molar-refractivity contribution in [1.82, 2.24) is 4.90 Å². The molecule has 1 N–H and O–H groups in total. The second kappa shape index (κ2) is 5.12. The first kappa shape index (κ1) is 13.5. The van der Waals surface area contributed by atoms with Crippen molar-refractivity contribution >= 4 is 5.91 Å². The molecule has 20 heavy (non-hydrogen) atoms. The Labute approximate surface area is 120 Å². The smallest absolute Gasteiger partial charge is 0.226 e. The lowest BCUT2D eigenvalue weighted by molar-refractivity contribution is -0.133. The van der Waals surface area contributed by atoms with Crippen molar-refractivity contribution in [2.75, 3.05) is 7.05 Å². The Morgan fingerprint density at radius 2 is 1.90 bits per heavy atom. The average Bonchev–Trinajstić information content (AvgIpc) is 2.92. The van der Waals surface area contributed by atoms with Gasteiger partial charge in [-0.25, -0.2) is 0 Å². The molecule has 0 saturated heterocycles. The number of rotatable bonds is 4. The summed E-state index contributed by atoms with van der Waals surface area (Å²) in [4.78, 5) is 14.4. The van der Waals surface area contributed by atoms with Gasteiger partial charge in [0.25, 0.3) is 0 Å². The largest absolute Gasteiger partial charge is 0.508 e. The van der Waals surface area contributed by atoms with Crippen LogP contribution in [0, 0.1) is 17.8 Å². The standard InChI is InChI=1S/C17H23NO2/c1-11(10-12-6-8-13(19)9-7-12)18(2)17(20)16-14-4-3-5-15(14)16/h6-9,11,14-16,19H,3-5,10H2,1-2H3/t11-,14-,15+,16?/m1/s1. The molecule has 1 amide bonds. The second-order valence-corrected chi connectivity index (χ2v) is 6.45. The minimum Gasteiger partial charge on any atom is -0.508 e. The van der Waals surface area contributed by atoms with Gasteiger partial charge >= 0.3 is 0 Å². The molecule has 0 radical (unpaired) electrons. The zero-order valence-corrected chi connectivity index (χ0v) is 12.2. The van der Waals surface area contributed by atoms with Crippen molar-refractivity contribution in [3.05, 3.63) is 29.8 Å². The lowest BCUT2D eigenvalue weighted by Crippen LogP contribution is -2.38. The van der Waals surface area contributed by atoms with Gasteiger partial charge in [-0.15, -0.1) is 0 Å². The van der Waals surface area contributed by atoms with E-state index in [9.17, 15) is 9.90 Å². The van der Waals surface area contributed by atoms with Crippen molar-refractivity contribution in [2.45, 2.75) is 38.6 Å². The fourth-order valence-electron chi connectivity index (χ4n) is 3.75. The molecule has 2 fully saturated rings. The van der Waals surface area contributed by atoms with Crippen LogP contribution in [0.5, 0.6) is 5.75 Å². The number of phenolic OH excluding ortho intramolecular Hbond substituents is 1. The van der Waals surface area contributed by atoms with E-state index in [2.05, 4.69) is 6.92 Å². The normalized spacial score (nSPS) is 28.8. The van der Waals surface area contributed by atoms with Crippen molar-refractivity contribution < 1.29 is 9.90 Å². The Balaban J connectivity index is 1.57. The SMILES string of the molecule is C[C@H](Cc1ccc(O)cc1)N(C)C(=O)C1[C@H]2CCC[C@@H]12. The summed E-state index contributed by atoms with van der Waals surface area (Å²) in [5.41, 5.74) is 1.16. The predicted molar refractivity (Wildman–Crippen MR) is 78.4 cm³/mol. The molecule has 2 saturated carbocycles. The predicted octanol–water partition coefficient (Wildman–Crippen LogP) is 2.83. The van der Waals surface area contributed by atoms with Crippen LogP contribution in [0.15, 0.2) is 24.3 Å². The number of hydrogen-bond acceptors (Lipinski definition) is 2. The molecule has 3 rings (SSSR count). The minimum atomic E-state index is 0.202. The molecule has 0 spiro atoms. The monoisotopic (exact) mass is 273 g/mol. The van der Waals surface area contributed by atoms with Gasteiger partial charge in [-0.2, -0.15) is 0 Å². The van der Waals surface area contributed by atoms with E-state index < -0.39 is 0 Å². The number of aromatic hydroxyl groups is 1. The molecule has 1 unspecified atom stereocenters. The fourth-order valence-corrected chi connectivity index (χ4v) is 3.75. The Morgan fingerprint density at radius 1 is 1.30 bits per heavy atom. The van der Waals surface area contributed by atoms with E-state index in [1.54, 1.807) is 12.1 Å². The number of nitrogens with zero attached hydrogens (tertiary/aromatic N) is 1. The first-order valence-corrected chi connectivity index (χ1v) is 7.62. The van der Waals surface area contributed by atoms with Gasteiger partial charge in [0, 0.05) is 19.0 Å². The highest BCUT2D eigenvalue weighted by molar-refractivity contribution is 5.82. The molecule has 0 aliphatic heterocycles. The summed E-state index contributed by atoms with van der Waals surface area (Å²) in [6, 6.07) is 7.46. The highest BCUT2D eigenvalue weighted by Crippen LogP contribution is 2.58. The molecule has 3 heteroatoms. The van der Waals surface area contributed by atoms with Crippen molar-refractivity contribution in [1.29, 1.82) is 0 Å². The fraction of sp³-hybridized carbons (Fsp3) is 0.588. The lowest BCUT2D eigenvalue weighted by Gasteiger charge is -2.26. The Kier molecular flexibility index (Phi) is 3.45. The number of amides is 1. The Morgan fingerprint density at radius 3 is 2.50 bits per heavy atom. The summed E-state index contributed by atoms with van der Waals surface area (Å²) in [6.07, 6.45) is 4.65. The molecular weight excluding hydrogens is 250 g/mol. The van der Waals surface area contributed by atoms with E-state index in [-0.39, 0.29) is 11.8 Å². The van der Waals surface area contributed by atoms with E-state index >= 15 is 0 Å². The lowest BCUT2D eigenvalue weighted by atomic mass is 10.0. The van der Waals surface area contributed by atoms with Gasteiger partial charge in [-0.3, -0.25) is 4.79 Å². The van der Waals surface area contributed by atoms with Crippen molar-refractivity contribution in [3.8, 4) is 5.75 Å². The van der Waals surface area contributed by atoms with E-state index in [1.165, 1.54) is 19.3 Å². The van der Waals surface area contributed by atoms with Crippen LogP contribution in [0.2, 0.25) is 0 Å². The molecule has 0 heterocycles. The number of benzene rings is 1. The summed E-state index contributed by atoms with van der Waals surface area (Å²) in [7, 11) is 1.93. The van der Waals surface area contributed by atoms with Gasteiger partial charge in [-0.05, 0) is 55.7 Å². The summed E-state index contributed by atoms with van der Waals surface area (Å²) in [5, 5.41) is 9.30. The van der Waals surface area contributed by atoms with Gasteiger partial charge in [0.15, 0.2) is 0 Å². The van der Waals surface area contributed by atoms with Gasteiger partial charge in [0.2, 0.25) is 5.91 Å². The van der Waals surface area contributed by atoms with Crippen molar-refractivity contribution in [2.24, 2.45) is 17.8 Å². The summed E-state index contributed by atoms with van der Waals surface area (Å²) in [6.45, 7) is 2.10. The number of hydrogen-bond donors (Lipinski definition) is 1. The van der Waals surface area contributed by atoms with Gasteiger partial charge in [0.1, 0.15) is 5.75 Å². The van der Waals surface area contributed by atoms with Gasteiger partial charge in [-0.1, -0.05) is 18.6 Å². The first-order valence-electron chi connectivity index (χ1n) is 7.62. The van der Waals surface area contributed by atoms with Crippen LogP contribution in [0.3, 0.4) is 0 Å².